The highest BCUT2D eigenvalue weighted by Crippen LogP contribution is 2.43. The van der Waals surface area contributed by atoms with Crippen molar-refractivity contribution >= 4 is 11.6 Å². The Morgan fingerprint density at radius 1 is 0.828 bits per heavy atom. The van der Waals surface area contributed by atoms with Crippen molar-refractivity contribution in [3.8, 4) is 0 Å². The van der Waals surface area contributed by atoms with E-state index in [-0.39, 0.29) is 0 Å². The van der Waals surface area contributed by atoms with E-state index in [0.29, 0.717) is 0 Å². The Kier molecular flexibility index (Phi) is 6.26. The Balaban J connectivity index is 0.000000552. The predicted octanol–water partition coefficient (Wildman–Crippen LogP) is 5.14. The van der Waals surface area contributed by atoms with E-state index in [4.69, 9.17) is 26.9 Å². The molecule has 0 amide bonds. The summed E-state index contributed by atoms with van der Waals surface area (Å²) in [7, 11) is 0. The van der Waals surface area contributed by atoms with Crippen LogP contribution in [0.1, 0.15) is 16.7 Å². The highest BCUT2D eigenvalue weighted by molar-refractivity contribution is 6.31. The van der Waals surface area contributed by atoms with Gasteiger partial charge in [-0.1, -0.05) is 90.5 Å². The largest absolute Gasteiger partial charge is 0.356 e. The molecule has 3 aromatic carbocycles. The van der Waals surface area contributed by atoms with Crippen molar-refractivity contribution < 1.29 is 5.09 Å². The second-order valence-corrected chi connectivity index (χ2v) is 6.52. The van der Waals surface area contributed by atoms with Crippen molar-refractivity contribution in [3.05, 3.63) is 141 Å². The molecule has 0 spiro atoms. The summed E-state index contributed by atoms with van der Waals surface area (Å²) in [6.07, 6.45) is 5.64. The van der Waals surface area contributed by atoms with Crippen LogP contribution in [0.4, 0.5) is 0 Å². The molecule has 0 radical (unpaired) electrons. The summed E-state index contributed by atoms with van der Waals surface area (Å²) < 4.78 is 2.12. The lowest BCUT2D eigenvalue weighted by molar-refractivity contribution is -0.402. The highest BCUT2D eigenvalue weighted by Gasteiger charge is 2.39. The van der Waals surface area contributed by atoms with Gasteiger partial charge in [0.15, 0.2) is 0 Å². The van der Waals surface area contributed by atoms with Gasteiger partial charge in [-0.05, 0) is 17.2 Å². The maximum Gasteiger partial charge on any atom is 0.123 e. The molecule has 29 heavy (non-hydrogen) atoms. The van der Waals surface area contributed by atoms with Crippen molar-refractivity contribution in [1.82, 2.24) is 9.55 Å². The lowest BCUT2D eigenvalue weighted by Gasteiger charge is -2.37. The second kappa shape index (κ2) is 9.03. The molecule has 0 aliphatic carbocycles. The third kappa shape index (κ3) is 4.12. The van der Waals surface area contributed by atoms with Crippen molar-refractivity contribution in [2.75, 3.05) is 0 Å². The van der Waals surface area contributed by atoms with Crippen molar-refractivity contribution in [2.24, 2.45) is 0 Å². The number of benzene rings is 3. The van der Waals surface area contributed by atoms with E-state index in [0.717, 1.165) is 21.7 Å². The van der Waals surface area contributed by atoms with Crippen LogP contribution in [0.15, 0.2) is 104 Å². The van der Waals surface area contributed by atoms with Crippen LogP contribution >= 0.6 is 11.6 Å². The molecule has 0 saturated carbocycles. The molecule has 1 aromatic heterocycles. The molecule has 1 heterocycles. The third-order valence-corrected chi connectivity index (χ3v) is 4.87. The summed E-state index contributed by atoms with van der Waals surface area (Å²) in [5.74, 6) is 0. The number of halogens is 1. The molecular formula is C22H17ClN3O3-. The lowest BCUT2D eigenvalue weighted by Crippen LogP contribution is -2.37. The first-order chi connectivity index (χ1) is 14.1. The molecule has 0 atom stereocenters. The SMILES string of the molecule is Clc1ccccc1C(c1ccccc1)(c1ccccc1)n1ccnc1.O=[N+]([O-])[O-]. The molecule has 0 fully saturated rings. The second-order valence-electron chi connectivity index (χ2n) is 6.12. The summed E-state index contributed by atoms with van der Waals surface area (Å²) in [6, 6.07) is 28.8. The van der Waals surface area contributed by atoms with Gasteiger partial charge in [-0.3, -0.25) is 0 Å². The Hall–Kier alpha value is -3.64. The van der Waals surface area contributed by atoms with Crippen molar-refractivity contribution in [1.29, 1.82) is 0 Å². The maximum atomic E-state index is 8.25. The van der Waals surface area contributed by atoms with E-state index in [1.165, 1.54) is 0 Å². The van der Waals surface area contributed by atoms with Gasteiger partial charge in [0, 0.05) is 23.0 Å². The van der Waals surface area contributed by atoms with Gasteiger partial charge in [-0.2, -0.15) is 0 Å². The zero-order valence-corrected chi connectivity index (χ0v) is 16.0. The van der Waals surface area contributed by atoms with Crippen LogP contribution in [-0.2, 0) is 5.54 Å². The van der Waals surface area contributed by atoms with Crippen LogP contribution < -0.4 is 0 Å². The fourth-order valence-corrected chi connectivity index (χ4v) is 3.76. The number of imidazole rings is 1. The van der Waals surface area contributed by atoms with Gasteiger partial charge in [0.25, 0.3) is 0 Å². The summed E-state index contributed by atoms with van der Waals surface area (Å²) in [5, 5.41) is 15.5. The zero-order chi connectivity index (χ0) is 20.7. The van der Waals surface area contributed by atoms with Crippen molar-refractivity contribution in [3.63, 3.8) is 0 Å². The first kappa shape index (κ1) is 20.1. The van der Waals surface area contributed by atoms with E-state index in [9.17, 15) is 0 Å². The number of aromatic nitrogens is 2. The molecule has 146 valence electrons. The molecule has 6 nitrogen and oxygen atoms in total. The Bertz CT molecular complexity index is 1010. The summed E-state index contributed by atoms with van der Waals surface area (Å²) in [4.78, 5) is 12.6. The molecule has 0 N–H and O–H groups in total. The van der Waals surface area contributed by atoms with E-state index in [2.05, 4.69) is 64.1 Å². The number of hydrogen-bond acceptors (Lipinski definition) is 4. The maximum absolute atomic E-state index is 8.25. The van der Waals surface area contributed by atoms with E-state index < -0.39 is 10.6 Å². The minimum absolute atomic E-state index is 0.586. The summed E-state index contributed by atoms with van der Waals surface area (Å²) in [6.45, 7) is 0. The smallest absolute Gasteiger partial charge is 0.123 e. The van der Waals surface area contributed by atoms with E-state index in [1.54, 1.807) is 6.20 Å². The van der Waals surface area contributed by atoms with Gasteiger partial charge in [-0.15, -0.1) is 0 Å². The standard InChI is InChI=1S/C22H17ClN2.NO3/c23-21-14-8-7-13-20(21)22(25-16-15-24-17-25,18-9-3-1-4-10-18)19-11-5-2-6-12-19;2-1(3)4/h1-17H;/q;-1. The predicted molar refractivity (Wildman–Crippen MR) is 112 cm³/mol. The third-order valence-electron chi connectivity index (χ3n) is 4.54. The van der Waals surface area contributed by atoms with Crippen LogP contribution in [0.3, 0.4) is 0 Å². The lowest BCUT2D eigenvalue weighted by atomic mass is 9.76. The molecular weight excluding hydrogens is 390 g/mol. The quantitative estimate of drug-likeness (QED) is 0.267. The minimum atomic E-state index is -1.75. The van der Waals surface area contributed by atoms with Gasteiger partial charge >= 0.3 is 0 Å². The van der Waals surface area contributed by atoms with Crippen LogP contribution in [0, 0.1) is 15.3 Å². The average molecular weight is 407 g/mol. The summed E-state index contributed by atoms with van der Waals surface area (Å²) >= 11 is 6.69. The molecule has 4 aromatic rings. The van der Waals surface area contributed by atoms with Gasteiger partial charge in [0.05, 0.1) is 11.4 Å². The normalized spacial score (nSPS) is 10.7. The molecule has 4 rings (SSSR count). The van der Waals surface area contributed by atoms with Gasteiger partial charge in [-0.25, -0.2) is 4.98 Å². The number of rotatable bonds is 4. The van der Waals surface area contributed by atoms with Gasteiger partial charge < -0.3 is 19.9 Å². The molecule has 0 bridgehead atoms. The fraction of sp³-hybridized carbons (Fsp3) is 0.0455. The number of hydrogen-bond donors (Lipinski definition) is 0. The summed E-state index contributed by atoms with van der Waals surface area (Å²) in [5.41, 5.74) is 2.70. The fourth-order valence-electron chi connectivity index (χ4n) is 3.49. The Labute approximate surface area is 172 Å². The highest BCUT2D eigenvalue weighted by atomic mass is 35.5. The van der Waals surface area contributed by atoms with Crippen LogP contribution in [0.2, 0.25) is 5.02 Å². The van der Waals surface area contributed by atoms with E-state index in [1.807, 2.05) is 42.9 Å². The Morgan fingerprint density at radius 3 is 1.76 bits per heavy atom. The molecule has 0 aliphatic rings. The molecule has 7 heteroatoms. The molecule has 0 aliphatic heterocycles. The van der Waals surface area contributed by atoms with Crippen molar-refractivity contribution in [2.45, 2.75) is 5.54 Å². The number of nitrogens with zero attached hydrogens (tertiary/aromatic N) is 3. The van der Waals surface area contributed by atoms with Gasteiger partial charge in [0.1, 0.15) is 5.54 Å². The molecule has 0 unspecified atom stereocenters. The minimum Gasteiger partial charge on any atom is -0.356 e. The average Bonchev–Trinajstić information content (AvgIpc) is 3.26. The first-order valence-electron chi connectivity index (χ1n) is 8.73. The van der Waals surface area contributed by atoms with E-state index >= 15 is 0 Å². The van der Waals surface area contributed by atoms with Crippen LogP contribution in [0.5, 0.6) is 0 Å². The zero-order valence-electron chi connectivity index (χ0n) is 15.3. The van der Waals surface area contributed by atoms with Crippen LogP contribution in [-0.4, -0.2) is 14.6 Å². The molecule has 0 saturated heterocycles. The topological polar surface area (TPSA) is 84.0 Å². The Morgan fingerprint density at radius 2 is 1.31 bits per heavy atom. The van der Waals surface area contributed by atoms with Crippen LogP contribution in [0.25, 0.3) is 0 Å². The monoisotopic (exact) mass is 406 g/mol. The first-order valence-corrected chi connectivity index (χ1v) is 9.10. The van der Waals surface area contributed by atoms with Gasteiger partial charge in [0.2, 0.25) is 0 Å².